The van der Waals surface area contributed by atoms with Crippen molar-refractivity contribution in [1.29, 1.82) is 0 Å². The predicted octanol–water partition coefficient (Wildman–Crippen LogP) is 3.86. The molecule has 5 heterocycles. The second kappa shape index (κ2) is 12.5. The summed E-state index contributed by atoms with van der Waals surface area (Å²) in [5, 5.41) is 11.7. The largest absolute Gasteiger partial charge is 0.363 e. The number of H-pyrrole nitrogens is 1. The number of nitrogens with zero attached hydrogens (tertiary/aromatic N) is 8. The highest BCUT2D eigenvalue weighted by atomic mass is 16.5. The molecule has 0 bridgehead atoms. The monoisotopic (exact) mass is 597 g/mol. The SMILES string of the molecule is CCN(C)C1=NC=NC(O[C@H]2CCN(CC(=O)Nc3cccc4c(-c5nc(Nc6cc(C)n(C)n6)ncc5C)c[nH]c34)C2)C1. The van der Waals surface area contributed by atoms with Crippen molar-refractivity contribution in [3.05, 3.63) is 47.9 Å². The predicted molar refractivity (Wildman–Crippen MR) is 172 cm³/mol. The fraction of sp³-hybridized carbons (Fsp3) is 0.419. The molecule has 1 fully saturated rings. The van der Waals surface area contributed by atoms with E-state index in [0.717, 1.165) is 64.5 Å². The second-order valence-corrected chi connectivity index (χ2v) is 11.4. The molecule has 2 aliphatic rings. The van der Waals surface area contributed by atoms with E-state index in [2.05, 4.69) is 52.4 Å². The van der Waals surface area contributed by atoms with Crippen LogP contribution in [-0.4, -0.2) is 98.2 Å². The van der Waals surface area contributed by atoms with Crippen molar-refractivity contribution in [1.82, 2.24) is 34.5 Å². The van der Waals surface area contributed by atoms with Gasteiger partial charge in [0.15, 0.2) is 12.0 Å². The molecule has 1 amide bonds. The number of ether oxygens (including phenoxy) is 1. The molecule has 0 saturated carbocycles. The highest BCUT2D eigenvalue weighted by molar-refractivity contribution is 6.06. The van der Waals surface area contributed by atoms with Crippen LogP contribution in [0.4, 0.5) is 17.5 Å². The average Bonchev–Trinajstić information content (AvgIpc) is 3.72. The summed E-state index contributed by atoms with van der Waals surface area (Å²) < 4.78 is 8.06. The smallest absolute Gasteiger partial charge is 0.238 e. The van der Waals surface area contributed by atoms with E-state index in [4.69, 9.17) is 9.72 Å². The number of hydrogen-bond donors (Lipinski definition) is 3. The van der Waals surface area contributed by atoms with Gasteiger partial charge in [0, 0.05) is 68.8 Å². The maximum Gasteiger partial charge on any atom is 0.238 e. The topological polar surface area (TPSA) is 141 Å². The molecule has 0 aliphatic carbocycles. The van der Waals surface area contributed by atoms with Crippen molar-refractivity contribution >= 4 is 46.4 Å². The minimum atomic E-state index is -0.237. The molecule has 230 valence electrons. The molecule has 6 rings (SSSR count). The number of amidine groups is 1. The zero-order chi connectivity index (χ0) is 30.8. The van der Waals surface area contributed by atoms with Gasteiger partial charge in [-0.3, -0.25) is 14.4 Å². The third-order valence-corrected chi connectivity index (χ3v) is 8.23. The number of amides is 1. The van der Waals surface area contributed by atoms with Crippen LogP contribution in [0.2, 0.25) is 0 Å². The summed E-state index contributed by atoms with van der Waals surface area (Å²) in [6.45, 7) is 8.72. The van der Waals surface area contributed by atoms with Crippen molar-refractivity contribution in [2.24, 2.45) is 17.0 Å². The fourth-order valence-electron chi connectivity index (χ4n) is 5.59. The number of para-hydroxylation sites is 1. The van der Waals surface area contributed by atoms with E-state index in [0.29, 0.717) is 24.7 Å². The molecule has 2 aliphatic heterocycles. The quantitative estimate of drug-likeness (QED) is 0.264. The number of nitrogens with one attached hydrogen (secondary N) is 3. The molecule has 44 heavy (non-hydrogen) atoms. The summed E-state index contributed by atoms with van der Waals surface area (Å²) in [5.41, 5.74) is 5.27. The van der Waals surface area contributed by atoms with E-state index in [9.17, 15) is 4.79 Å². The van der Waals surface area contributed by atoms with E-state index < -0.39 is 0 Å². The van der Waals surface area contributed by atoms with Crippen molar-refractivity contribution in [2.45, 2.75) is 45.9 Å². The first kappa shape index (κ1) is 29.5. The molecule has 3 aromatic heterocycles. The lowest BCUT2D eigenvalue weighted by atomic mass is 10.1. The molecular formula is C31H39N11O2. The van der Waals surface area contributed by atoms with Crippen molar-refractivity contribution in [2.75, 3.05) is 43.9 Å². The molecule has 2 atom stereocenters. The molecule has 13 nitrogen and oxygen atoms in total. The summed E-state index contributed by atoms with van der Waals surface area (Å²) in [7, 11) is 3.92. The maximum atomic E-state index is 13.1. The first-order chi connectivity index (χ1) is 21.3. The summed E-state index contributed by atoms with van der Waals surface area (Å²) >= 11 is 0. The van der Waals surface area contributed by atoms with E-state index in [1.807, 2.05) is 58.4 Å². The van der Waals surface area contributed by atoms with Gasteiger partial charge in [0.2, 0.25) is 11.9 Å². The number of aromatic nitrogens is 5. The van der Waals surface area contributed by atoms with Crippen LogP contribution in [0.5, 0.6) is 0 Å². The van der Waals surface area contributed by atoms with Gasteiger partial charge >= 0.3 is 0 Å². The lowest BCUT2D eigenvalue weighted by Gasteiger charge is -2.26. The van der Waals surface area contributed by atoms with Crippen LogP contribution >= 0.6 is 0 Å². The van der Waals surface area contributed by atoms with Gasteiger partial charge in [-0.15, -0.1) is 0 Å². The highest BCUT2D eigenvalue weighted by Crippen LogP contribution is 2.33. The van der Waals surface area contributed by atoms with Gasteiger partial charge < -0.3 is 25.3 Å². The van der Waals surface area contributed by atoms with Gasteiger partial charge in [0.25, 0.3) is 0 Å². The molecule has 1 saturated heterocycles. The van der Waals surface area contributed by atoms with Gasteiger partial charge in [0.1, 0.15) is 12.2 Å². The Kier molecular flexibility index (Phi) is 8.40. The number of aromatic amines is 1. The van der Waals surface area contributed by atoms with Crippen LogP contribution in [0.15, 0.2) is 46.6 Å². The number of hydrogen-bond acceptors (Lipinski definition) is 10. The van der Waals surface area contributed by atoms with Crippen molar-refractivity contribution < 1.29 is 9.53 Å². The van der Waals surface area contributed by atoms with Gasteiger partial charge in [0.05, 0.1) is 36.0 Å². The zero-order valence-electron chi connectivity index (χ0n) is 25.8. The van der Waals surface area contributed by atoms with Gasteiger partial charge in [-0.05, 0) is 38.8 Å². The number of aliphatic imine (C=N–C) groups is 2. The highest BCUT2D eigenvalue weighted by Gasteiger charge is 2.28. The standard InChI is InChI=1S/C31H39N11O2/c1-6-40(4)26-13-28(35-18-34-26)44-21-10-11-42(16-21)17-27(43)36-24-9-7-8-22-23(15-32-30(22)24)29-19(2)14-33-31(38-29)37-25-12-20(3)41(5)39-25/h7-9,12,14-15,18,21,28,32H,6,10-11,13,16-17H2,1-5H3,(H,36,43)(H,33,37,38,39)/t21-,28?/m0/s1. The Balaban J connectivity index is 1.09. The molecule has 3 N–H and O–H groups in total. The first-order valence-electron chi connectivity index (χ1n) is 15.0. The summed E-state index contributed by atoms with van der Waals surface area (Å²) in [6, 6.07) is 7.83. The number of anilines is 3. The first-order valence-corrected chi connectivity index (χ1v) is 15.0. The van der Waals surface area contributed by atoms with Crippen LogP contribution < -0.4 is 10.6 Å². The normalized spacial score (nSPS) is 18.5. The molecule has 13 heteroatoms. The van der Waals surface area contributed by atoms with E-state index in [1.54, 1.807) is 17.2 Å². The minimum Gasteiger partial charge on any atom is -0.363 e. The Bertz CT molecular complexity index is 1700. The molecule has 0 radical (unpaired) electrons. The van der Waals surface area contributed by atoms with Gasteiger partial charge in [-0.2, -0.15) is 5.10 Å². The Hall–Kier alpha value is -4.62. The second-order valence-electron chi connectivity index (χ2n) is 11.4. The number of fused-ring (bicyclic) bond motifs is 1. The number of benzene rings is 1. The lowest BCUT2D eigenvalue weighted by molar-refractivity contribution is -0.117. The average molecular weight is 598 g/mol. The summed E-state index contributed by atoms with van der Waals surface area (Å²) in [6.07, 6.45) is 6.63. The van der Waals surface area contributed by atoms with Crippen LogP contribution in [0.25, 0.3) is 22.2 Å². The summed E-state index contributed by atoms with van der Waals surface area (Å²) in [5.74, 6) is 2.06. The van der Waals surface area contributed by atoms with Crippen LogP contribution in [0.3, 0.4) is 0 Å². The van der Waals surface area contributed by atoms with Gasteiger partial charge in [-0.1, -0.05) is 12.1 Å². The molecular weight excluding hydrogens is 558 g/mol. The fourth-order valence-corrected chi connectivity index (χ4v) is 5.59. The zero-order valence-corrected chi connectivity index (χ0v) is 25.8. The Morgan fingerprint density at radius 1 is 1.27 bits per heavy atom. The van der Waals surface area contributed by atoms with E-state index in [-0.39, 0.29) is 24.8 Å². The molecule has 1 unspecified atom stereocenters. The molecule has 4 aromatic rings. The number of likely N-dealkylation sites (tertiary alicyclic amines) is 1. The minimum absolute atomic E-state index is 0.0304. The van der Waals surface area contributed by atoms with Crippen LogP contribution in [0, 0.1) is 13.8 Å². The van der Waals surface area contributed by atoms with Crippen molar-refractivity contribution in [3.63, 3.8) is 0 Å². The number of carbonyl (C=O) groups excluding carboxylic acids is 1. The third-order valence-electron chi connectivity index (χ3n) is 8.23. The summed E-state index contributed by atoms with van der Waals surface area (Å²) in [4.78, 5) is 38.8. The Morgan fingerprint density at radius 3 is 2.93 bits per heavy atom. The maximum absolute atomic E-state index is 13.1. The Morgan fingerprint density at radius 2 is 2.14 bits per heavy atom. The Labute approximate surface area is 256 Å². The number of carbonyl (C=O) groups is 1. The van der Waals surface area contributed by atoms with Crippen LogP contribution in [0.1, 0.15) is 31.0 Å². The number of rotatable bonds is 9. The van der Waals surface area contributed by atoms with E-state index >= 15 is 0 Å². The van der Waals surface area contributed by atoms with Crippen molar-refractivity contribution in [3.8, 4) is 11.3 Å². The molecule has 0 spiro atoms. The van der Waals surface area contributed by atoms with Gasteiger partial charge in [-0.25, -0.2) is 20.0 Å². The third kappa shape index (κ3) is 6.33. The lowest BCUT2D eigenvalue weighted by Crippen LogP contribution is -2.35. The molecule has 1 aromatic carbocycles. The van der Waals surface area contributed by atoms with Crippen LogP contribution in [-0.2, 0) is 16.6 Å². The van der Waals surface area contributed by atoms with E-state index in [1.165, 1.54) is 0 Å². The number of aryl methyl sites for hydroxylation is 3.